The number of hydrogen-bond acceptors (Lipinski definition) is 4. The summed E-state index contributed by atoms with van der Waals surface area (Å²) >= 11 is 0. The van der Waals surface area contributed by atoms with E-state index in [0.29, 0.717) is 49.8 Å². The van der Waals surface area contributed by atoms with Crippen molar-refractivity contribution in [3.8, 4) is 11.1 Å². The molecule has 0 aliphatic carbocycles. The van der Waals surface area contributed by atoms with Gasteiger partial charge in [0.15, 0.2) is 11.6 Å². The number of hydrogen-bond donors (Lipinski definition) is 2. The number of rotatable bonds is 4. The Bertz CT molecular complexity index is 1160. The minimum absolute atomic E-state index is 0.123. The first-order valence-corrected chi connectivity index (χ1v) is 11.4. The number of ether oxygens (including phenoxy) is 1. The molecule has 1 saturated heterocycles. The molecule has 0 saturated carbocycles. The highest BCUT2D eigenvalue weighted by Gasteiger charge is 2.30. The second kappa shape index (κ2) is 8.90. The molecule has 2 N–H and O–H groups in total. The zero-order valence-corrected chi connectivity index (χ0v) is 19.0. The smallest absolute Gasteiger partial charge is 0.317 e. The van der Waals surface area contributed by atoms with Crippen LogP contribution >= 0.6 is 0 Å². The Morgan fingerprint density at radius 3 is 2.79 bits per heavy atom. The fourth-order valence-corrected chi connectivity index (χ4v) is 4.75. The lowest BCUT2D eigenvalue weighted by Gasteiger charge is -2.29. The first kappa shape index (κ1) is 21.5. The number of nitrogens with zero attached hydrogens (tertiary/aromatic N) is 4. The summed E-state index contributed by atoms with van der Waals surface area (Å²) in [6, 6.07) is 7.36. The van der Waals surface area contributed by atoms with Crippen LogP contribution in [0.15, 0.2) is 36.7 Å². The SMILES string of the molecule is CNC(=O)N1CCc2c(c(Nc3cccc(-c4ccn(C)c4)c3F)nn2C2CCOCC2)C1. The Hall–Kier alpha value is -3.33. The van der Waals surface area contributed by atoms with Crippen LogP contribution in [0.2, 0.25) is 0 Å². The third-order valence-electron chi connectivity index (χ3n) is 6.52. The highest BCUT2D eigenvalue weighted by molar-refractivity contribution is 5.75. The summed E-state index contributed by atoms with van der Waals surface area (Å²) < 4.78 is 25.0. The quantitative estimate of drug-likeness (QED) is 0.631. The van der Waals surface area contributed by atoms with E-state index in [1.807, 2.05) is 36.1 Å². The molecule has 9 heteroatoms. The van der Waals surface area contributed by atoms with Crippen LogP contribution in [-0.2, 0) is 24.8 Å². The van der Waals surface area contributed by atoms with Crippen LogP contribution < -0.4 is 10.6 Å². The Labute approximate surface area is 192 Å². The number of aromatic nitrogens is 3. The number of amides is 2. The van der Waals surface area contributed by atoms with Gasteiger partial charge in [0.1, 0.15) is 0 Å². The first-order chi connectivity index (χ1) is 16.0. The van der Waals surface area contributed by atoms with E-state index in [2.05, 4.69) is 15.3 Å². The molecule has 0 bridgehead atoms. The Kier molecular flexibility index (Phi) is 5.80. The van der Waals surface area contributed by atoms with Gasteiger partial charge in [-0.2, -0.15) is 5.10 Å². The molecule has 0 unspecified atom stereocenters. The number of nitrogens with one attached hydrogen (secondary N) is 2. The van der Waals surface area contributed by atoms with Crippen molar-refractivity contribution >= 4 is 17.5 Å². The number of fused-ring (bicyclic) bond motifs is 1. The van der Waals surface area contributed by atoms with Crippen LogP contribution in [0, 0.1) is 5.82 Å². The van der Waals surface area contributed by atoms with E-state index in [9.17, 15) is 4.79 Å². The van der Waals surface area contributed by atoms with E-state index in [1.54, 1.807) is 24.1 Å². The van der Waals surface area contributed by atoms with Gasteiger partial charge in [0.05, 0.1) is 18.3 Å². The molecule has 2 aromatic heterocycles. The maximum atomic E-state index is 15.5. The predicted molar refractivity (Wildman–Crippen MR) is 124 cm³/mol. The molecule has 4 heterocycles. The van der Waals surface area contributed by atoms with E-state index in [4.69, 9.17) is 9.84 Å². The topological polar surface area (TPSA) is 76.4 Å². The summed E-state index contributed by atoms with van der Waals surface area (Å²) in [6.45, 7) is 2.47. The van der Waals surface area contributed by atoms with Crippen molar-refractivity contribution in [2.24, 2.45) is 7.05 Å². The molecule has 1 fully saturated rings. The van der Waals surface area contributed by atoms with Gasteiger partial charge in [-0.05, 0) is 25.0 Å². The van der Waals surface area contributed by atoms with Gasteiger partial charge >= 0.3 is 6.03 Å². The Balaban J connectivity index is 1.52. The van der Waals surface area contributed by atoms with Crippen LogP contribution in [0.25, 0.3) is 11.1 Å². The molecule has 0 spiro atoms. The molecule has 1 aromatic carbocycles. The second-order valence-corrected chi connectivity index (χ2v) is 8.65. The molecule has 0 atom stereocenters. The van der Waals surface area contributed by atoms with Crippen LogP contribution in [0.3, 0.4) is 0 Å². The average Bonchev–Trinajstić information content (AvgIpc) is 3.43. The van der Waals surface area contributed by atoms with E-state index >= 15 is 4.39 Å². The number of carbonyl (C=O) groups excluding carboxylic acids is 1. The summed E-state index contributed by atoms with van der Waals surface area (Å²) in [5, 5.41) is 10.9. The Morgan fingerprint density at radius 1 is 1.24 bits per heavy atom. The lowest BCUT2D eigenvalue weighted by molar-refractivity contribution is 0.0652. The highest BCUT2D eigenvalue weighted by atomic mass is 19.1. The van der Waals surface area contributed by atoms with Gasteiger partial charge in [-0.15, -0.1) is 0 Å². The molecule has 5 rings (SSSR count). The number of urea groups is 1. The molecule has 8 nitrogen and oxygen atoms in total. The van der Waals surface area contributed by atoms with Crippen molar-refractivity contribution in [2.45, 2.75) is 31.8 Å². The van der Waals surface area contributed by atoms with E-state index in [1.165, 1.54) is 0 Å². The molecule has 33 heavy (non-hydrogen) atoms. The molecule has 3 aromatic rings. The molecular weight excluding hydrogens is 423 g/mol. The number of halogens is 1. The second-order valence-electron chi connectivity index (χ2n) is 8.65. The average molecular weight is 453 g/mol. The van der Waals surface area contributed by atoms with Crippen molar-refractivity contribution in [1.29, 1.82) is 0 Å². The summed E-state index contributed by atoms with van der Waals surface area (Å²) in [4.78, 5) is 14.1. The normalized spacial score (nSPS) is 16.5. The minimum Gasteiger partial charge on any atom is -0.381 e. The first-order valence-electron chi connectivity index (χ1n) is 11.4. The summed E-state index contributed by atoms with van der Waals surface area (Å²) in [7, 11) is 3.55. The van der Waals surface area contributed by atoms with Crippen molar-refractivity contribution in [3.63, 3.8) is 0 Å². The molecule has 2 aliphatic rings. The minimum atomic E-state index is -0.322. The fraction of sp³-hybridized carbons (Fsp3) is 0.417. The lowest BCUT2D eigenvalue weighted by Crippen LogP contribution is -2.41. The maximum absolute atomic E-state index is 15.5. The lowest BCUT2D eigenvalue weighted by atomic mass is 10.0. The van der Waals surface area contributed by atoms with Crippen LogP contribution in [-0.4, -0.2) is 52.1 Å². The van der Waals surface area contributed by atoms with Crippen LogP contribution in [0.5, 0.6) is 0 Å². The number of anilines is 2. The number of benzene rings is 1. The molecule has 2 aliphatic heterocycles. The van der Waals surface area contributed by atoms with Gasteiger partial charge in [0, 0.05) is 75.1 Å². The number of carbonyl (C=O) groups is 1. The van der Waals surface area contributed by atoms with Gasteiger partial charge in [0.2, 0.25) is 0 Å². The van der Waals surface area contributed by atoms with Crippen LogP contribution in [0.4, 0.5) is 20.7 Å². The highest BCUT2D eigenvalue weighted by Crippen LogP contribution is 2.35. The van der Waals surface area contributed by atoms with Crippen LogP contribution in [0.1, 0.15) is 30.1 Å². The van der Waals surface area contributed by atoms with Gasteiger partial charge in [-0.1, -0.05) is 12.1 Å². The molecule has 0 radical (unpaired) electrons. The van der Waals surface area contributed by atoms with Gasteiger partial charge < -0.3 is 24.8 Å². The fourth-order valence-electron chi connectivity index (χ4n) is 4.75. The van der Waals surface area contributed by atoms with Gasteiger partial charge in [0.25, 0.3) is 0 Å². The molecule has 2 amide bonds. The maximum Gasteiger partial charge on any atom is 0.317 e. The van der Waals surface area contributed by atoms with Gasteiger partial charge in [-0.25, -0.2) is 9.18 Å². The summed E-state index contributed by atoms with van der Waals surface area (Å²) in [6.07, 6.45) is 6.29. The predicted octanol–water partition coefficient (Wildman–Crippen LogP) is 3.82. The van der Waals surface area contributed by atoms with E-state index in [-0.39, 0.29) is 17.9 Å². The zero-order chi connectivity index (χ0) is 22.9. The third-order valence-corrected chi connectivity index (χ3v) is 6.52. The van der Waals surface area contributed by atoms with Crippen molar-refractivity contribution in [1.82, 2.24) is 24.6 Å². The largest absolute Gasteiger partial charge is 0.381 e. The zero-order valence-electron chi connectivity index (χ0n) is 19.0. The van der Waals surface area contributed by atoms with E-state index < -0.39 is 0 Å². The van der Waals surface area contributed by atoms with E-state index in [0.717, 1.165) is 29.7 Å². The Morgan fingerprint density at radius 2 is 2.06 bits per heavy atom. The standard InChI is InChI=1S/C24H29FN6O2/c1-26-24(32)30-11-7-21-19(15-30)23(28-31(21)17-8-12-33-13-9-17)27-20-5-3-4-18(22(20)25)16-6-10-29(2)14-16/h3-6,10,14,17H,7-9,11-13,15H2,1-2H3,(H,26,32)(H,27,28). The molecular formula is C24H29FN6O2. The van der Waals surface area contributed by atoms with Crippen molar-refractivity contribution < 1.29 is 13.9 Å². The third kappa shape index (κ3) is 4.08. The van der Waals surface area contributed by atoms with Gasteiger partial charge in [-0.3, -0.25) is 4.68 Å². The monoisotopic (exact) mass is 452 g/mol. The summed E-state index contributed by atoms with van der Waals surface area (Å²) in [5.41, 5.74) is 3.78. The van der Waals surface area contributed by atoms with Crippen molar-refractivity contribution in [2.75, 3.05) is 32.1 Å². The number of aryl methyl sites for hydroxylation is 1. The molecule has 174 valence electrons. The summed E-state index contributed by atoms with van der Waals surface area (Å²) in [5.74, 6) is 0.284. The van der Waals surface area contributed by atoms with Crippen molar-refractivity contribution in [3.05, 3.63) is 53.7 Å².